The van der Waals surface area contributed by atoms with Crippen molar-refractivity contribution < 1.29 is 19.1 Å². The van der Waals surface area contributed by atoms with Gasteiger partial charge in [-0.25, -0.2) is 14.8 Å². The summed E-state index contributed by atoms with van der Waals surface area (Å²) < 4.78 is 10.5. The van der Waals surface area contributed by atoms with Crippen LogP contribution in [0, 0.1) is 0 Å². The Kier molecular flexibility index (Phi) is 13.7. The van der Waals surface area contributed by atoms with Gasteiger partial charge in [-0.05, 0) is 73.6 Å². The monoisotopic (exact) mass is 628 g/mol. The van der Waals surface area contributed by atoms with E-state index in [0.29, 0.717) is 59.8 Å². The highest BCUT2D eigenvalue weighted by Crippen LogP contribution is 2.23. The molecule has 0 aliphatic carbocycles. The smallest absolute Gasteiger partial charge is 0.340 e. The van der Waals surface area contributed by atoms with Crippen molar-refractivity contribution in [2.75, 3.05) is 37.8 Å². The van der Waals surface area contributed by atoms with Gasteiger partial charge in [0.2, 0.25) is 0 Å². The molecular formula is C33H42Cl2N4O4. The zero-order chi connectivity index (χ0) is 31.4. The lowest BCUT2D eigenvalue weighted by Crippen LogP contribution is -2.37. The number of rotatable bonds is 10. The summed E-state index contributed by atoms with van der Waals surface area (Å²) in [7, 11) is 0. The van der Waals surface area contributed by atoms with Gasteiger partial charge in [-0.2, -0.15) is 0 Å². The van der Waals surface area contributed by atoms with Crippen molar-refractivity contribution in [3.05, 3.63) is 85.8 Å². The first-order chi connectivity index (χ1) is 20.8. The first-order valence-corrected chi connectivity index (χ1v) is 15.7. The molecule has 1 aliphatic heterocycles. The van der Waals surface area contributed by atoms with Gasteiger partial charge in [-0.15, -0.1) is 0 Å². The van der Waals surface area contributed by atoms with Crippen molar-refractivity contribution in [3.63, 3.8) is 0 Å². The zero-order valence-electron chi connectivity index (χ0n) is 25.8. The maximum absolute atomic E-state index is 12.9. The van der Waals surface area contributed by atoms with Crippen LogP contribution in [0.5, 0.6) is 0 Å². The van der Waals surface area contributed by atoms with Gasteiger partial charge < -0.3 is 19.7 Å². The van der Waals surface area contributed by atoms with Gasteiger partial charge in [0.1, 0.15) is 11.0 Å². The highest BCUT2D eigenvalue weighted by atomic mass is 35.5. The van der Waals surface area contributed by atoms with Crippen LogP contribution in [-0.2, 0) is 41.7 Å². The Morgan fingerprint density at radius 3 is 2.05 bits per heavy atom. The third kappa shape index (κ3) is 9.39. The number of aryl methyl sites for hydroxylation is 4. The lowest BCUT2D eigenvalue weighted by Gasteiger charge is -2.29. The van der Waals surface area contributed by atoms with Crippen LogP contribution in [0.3, 0.4) is 0 Å². The average Bonchev–Trinajstić information content (AvgIpc) is 3.03. The van der Waals surface area contributed by atoms with Gasteiger partial charge in [0.15, 0.2) is 0 Å². The van der Waals surface area contributed by atoms with Crippen LogP contribution in [0.1, 0.15) is 83.4 Å². The number of morpholine rings is 1. The topological polar surface area (TPSA) is 93.7 Å². The van der Waals surface area contributed by atoms with Gasteiger partial charge in [0, 0.05) is 24.7 Å². The third-order valence-corrected chi connectivity index (χ3v) is 7.59. The van der Waals surface area contributed by atoms with E-state index in [1.165, 1.54) is 0 Å². The Balaban J connectivity index is 0.000000271. The Bertz CT molecular complexity index is 1330. The molecule has 2 aromatic heterocycles. The van der Waals surface area contributed by atoms with E-state index in [-0.39, 0.29) is 11.9 Å². The van der Waals surface area contributed by atoms with Crippen molar-refractivity contribution >= 4 is 40.9 Å². The molecule has 232 valence electrons. The number of ether oxygens (including phenoxy) is 2. The molecule has 0 unspecified atom stereocenters. The van der Waals surface area contributed by atoms with Gasteiger partial charge in [-0.3, -0.25) is 4.79 Å². The van der Waals surface area contributed by atoms with Crippen molar-refractivity contribution in [1.82, 2.24) is 15.3 Å². The van der Waals surface area contributed by atoms with E-state index in [4.69, 9.17) is 37.7 Å². The van der Waals surface area contributed by atoms with E-state index < -0.39 is 0 Å². The number of hydrogen-bond acceptors (Lipinski definition) is 7. The number of benzene rings is 1. The van der Waals surface area contributed by atoms with Gasteiger partial charge in [0.25, 0.3) is 5.91 Å². The van der Waals surface area contributed by atoms with Crippen LogP contribution in [0.2, 0.25) is 10.2 Å². The normalized spacial score (nSPS) is 12.8. The summed E-state index contributed by atoms with van der Waals surface area (Å²) in [6, 6.07) is 11.3. The summed E-state index contributed by atoms with van der Waals surface area (Å²) in [6.45, 7) is 13.8. The number of pyridine rings is 2. The Labute approximate surface area is 265 Å². The number of hydrogen-bond donors (Lipinski definition) is 1. The Morgan fingerprint density at radius 1 is 0.860 bits per heavy atom. The second-order valence-corrected chi connectivity index (χ2v) is 10.8. The largest absolute Gasteiger partial charge is 0.462 e. The van der Waals surface area contributed by atoms with E-state index in [2.05, 4.69) is 28.2 Å². The fourth-order valence-electron chi connectivity index (χ4n) is 4.88. The van der Waals surface area contributed by atoms with Gasteiger partial charge >= 0.3 is 5.97 Å². The molecule has 1 saturated heterocycles. The molecule has 0 bridgehead atoms. The summed E-state index contributed by atoms with van der Waals surface area (Å²) in [5, 5.41) is 4.15. The second-order valence-electron chi connectivity index (χ2n) is 9.93. The molecule has 8 nitrogen and oxygen atoms in total. The molecule has 1 fully saturated rings. The summed E-state index contributed by atoms with van der Waals surface area (Å²) in [6.07, 6.45) is 2.91. The maximum Gasteiger partial charge on any atom is 0.340 e. The van der Waals surface area contributed by atoms with E-state index >= 15 is 0 Å². The molecule has 0 spiro atoms. The summed E-state index contributed by atoms with van der Waals surface area (Å²) >= 11 is 11.8. The fraction of sp³-hybridized carbons (Fsp3) is 0.455. The average molecular weight is 630 g/mol. The molecule has 1 aliphatic rings. The van der Waals surface area contributed by atoms with Crippen molar-refractivity contribution in [1.29, 1.82) is 0 Å². The van der Waals surface area contributed by atoms with E-state index in [0.717, 1.165) is 60.6 Å². The third-order valence-electron chi connectivity index (χ3n) is 7.15. The Morgan fingerprint density at radius 2 is 1.47 bits per heavy atom. The number of nitrogens with zero attached hydrogens (tertiary/aromatic N) is 3. The Hall–Kier alpha value is -3.20. The van der Waals surface area contributed by atoms with E-state index in [1.54, 1.807) is 13.0 Å². The predicted molar refractivity (Wildman–Crippen MR) is 173 cm³/mol. The minimum absolute atomic E-state index is 0.0697. The van der Waals surface area contributed by atoms with Crippen molar-refractivity contribution in [3.8, 4) is 0 Å². The molecule has 1 amide bonds. The van der Waals surface area contributed by atoms with Crippen molar-refractivity contribution in [2.45, 2.75) is 66.8 Å². The maximum atomic E-state index is 12.9. The highest BCUT2D eigenvalue weighted by molar-refractivity contribution is 6.30. The number of anilines is 1. The lowest BCUT2D eigenvalue weighted by atomic mass is 10.0. The SMILES string of the molecule is CCOC(=O)c1c(CC)cc(Cl)nc1CC.CCc1cc(N2CCOCC2)nc(CC)c1C(=O)NCc1ccc(Cl)cc1. The molecular weight excluding hydrogens is 587 g/mol. The predicted octanol–water partition coefficient (Wildman–Crippen LogP) is 6.66. The van der Waals surface area contributed by atoms with Crippen LogP contribution >= 0.6 is 23.2 Å². The number of esters is 1. The molecule has 10 heteroatoms. The molecule has 3 aromatic rings. The number of halogens is 2. The van der Waals surface area contributed by atoms with Crippen LogP contribution in [0.15, 0.2) is 36.4 Å². The number of carbonyl (C=O) groups excluding carboxylic acids is 2. The molecule has 4 rings (SSSR count). The van der Waals surface area contributed by atoms with Gasteiger partial charge in [-0.1, -0.05) is 63.0 Å². The van der Waals surface area contributed by atoms with Crippen LogP contribution in [-0.4, -0.2) is 54.8 Å². The molecule has 3 heterocycles. The quantitative estimate of drug-likeness (QED) is 0.198. The minimum atomic E-state index is -0.305. The molecule has 1 aromatic carbocycles. The number of carbonyl (C=O) groups is 2. The molecule has 0 atom stereocenters. The summed E-state index contributed by atoms with van der Waals surface area (Å²) in [5.74, 6) is 0.571. The molecule has 0 radical (unpaired) electrons. The molecule has 1 N–H and O–H groups in total. The van der Waals surface area contributed by atoms with Crippen LogP contribution in [0.25, 0.3) is 0 Å². The summed E-state index contributed by atoms with van der Waals surface area (Å²) in [5.41, 5.74) is 5.81. The van der Waals surface area contributed by atoms with E-state index in [1.807, 2.05) is 45.0 Å². The number of nitrogens with one attached hydrogen (secondary N) is 1. The zero-order valence-corrected chi connectivity index (χ0v) is 27.3. The second kappa shape index (κ2) is 17.2. The van der Waals surface area contributed by atoms with Crippen molar-refractivity contribution in [2.24, 2.45) is 0 Å². The molecule has 43 heavy (non-hydrogen) atoms. The van der Waals surface area contributed by atoms with Gasteiger partial charge in [0.05, 0.1) is 42.3 Å². The molecule has 0 saturated carbocycles. The summed E-state index contributed by atoms with van der Waals surface area (Å²) in [4.78, 5) is 35.9. The number of aromatic nitrogens is 2. The van der Waals surface area contributed by atoms with Crippen LogP contribution < -0.4 is 10.2 Å². The highest BCUT2D eigenvalue weighted by Gasteiger charge is 2.21. The van der Waals surface area contributed by atoms with Crippen LogP contribution in [0.4, 0.5) is 5.82 Å². The standard InChI is InChI=1S/C21H26ClN3O2.C12H16ClNO2/c1-3-16-13-19(25-9-11-27-12-10-25)24-18(4-2)20(16)21(26)23-14-15-5-7-17(22)8-6-15;1-4-8-7-10(13)14-9(5-2)11(8)12(15)16-6-3/h5-8,13H,3-4,9-12,14H2,1-2H3,(H,23,26);7H,4-6H2,1-3H3. The first-order valence-electron chi connectivity index (χ1n) is 15.0. The van der Waals surface area contributed by atoms with E-state index in [9.17, 15) is 9.59 Å². The fourth-order valence-corrected chi connectivity index (χ4v) is 5.24. The number of amides is 1. The lowest BCUT2D eigenvalue weighted by molar-refractivity contribution is 0.0523. The first kappa shape index (κ1) is 34.3. The minimum Gasteiger partial charge on any atom is -0.462 e.